The quantitative estimate of drug-likeness (QED) is 0.674. The molecule has 1 aliphatic rings. The molecule has 0 unspecified atom stereocenters. The predicted octanol–water partition coefficient (Wildman–Crippen LogP) is 4.27. The molecule has 2 aromatic carbocycles. The predicted molar refractivity (Wildman–Crippen MR) is 108 cm³/mol. The van der Waals surface area contributed by atoms with E-state index in [0.29, 0.717) is 11.6 Å². The summed E-state index contributed by atoms with van der Waals surface area (Å²) in [4.78, 5) is 8.87. The van der Waals surface area contributed by atoms with E-state index in [9.17, 15) is 8.42 Å². The van der Waals surface area contributed by atoms with Crippen LogP contribution in [0.15, 0.2) is 71.6 Å². The van der Waals surface area contributed by atoms with Crippen molar-refractivity contribution in [3.63, 3.8) is 0 Å². The molecular weight excluding hydrogens is 374 g/mol. The first-order valence-electron chi connectivity index (χ1n) is 9.29. The molecule has 0 bridgehead atoms. The number of nitrogens with zero attached hydrogens (tertiary/aromatic N) is 2. The van der Waals surface area contributed by atoms with E-state index in [0.717, 1.165) is 31.2 Å². The maximum Gasteiger partial charge on any atom is 0.264 e. The van der Waals surface area contributed by atoms with E-state index in [1.54, 1.807) is 24.3 Å². The van der Waals surface area contributed by atoms with Crippen molar-refractivity contribution >= 4 is 16.0 Å². The first kappa shape index (κ1) is 18.4. The molecule has 144 valence electrons. The molecule has 0 radical (unpaired) electrons. The van der Waals surface area contributed by atoms with Gasteiger partial charge in [0.25, 0.3) is 10.0 Å². The minimum atomic E-state index is -3.79. The number of benzene rings is 2. The molecule has 1 saturated carbocycles. The Balaban J connectivity index is 1.69. The van der Waals surface area contributed by atoms with Crippen molar-refractivity contribution in [3.05, 3.63) is 66.7 Å². The number of ether oxygens (including phenoxy) is 1. The van der Waals surface area contributed by atoms with Crippen LogP contribution in [-0.4, -0.2) is 24.5 Å². The van der Waals surface area contributed by atoms with Gasteiger partial charge in [-0.25, -0.2) is 18.1 Å². The van der Waals surface area contributed by atoms with E-state index in [1.807, 2.05) is 30.3 Å². The van der Waals surface area contributed by atoms with E-state index in [4.69, 9.17) is 4.74 Å². The number of hydrogen-bond acceptors (Lipinski definition) is 5. The van der Waals surface area contributed by atoms with Crippen molar-refractivity contribution in [1.29, 1.82) is 0 Å². The topological polar surface area (TPSA) is 81.2 Å². The number of sulfonamides is 1. The van der Waals surface area contributed by atoms with E-state index in [1.165, 1.54) is 12.1 Å². The van der Waals surface area contributed by atoms with Crippen LogP contribution in [0.1, 0.15) is 25.7 Å². The van der Waals surface area contributed by atoms with Crippen LogP contribution in [0, 0.1) is 0 Å². The lowest BCUT2D eigenvalue weighted by Crippen LogP contribution is -2.17. The minimum absolute atomic E-state index is 0.00166. The Kier molecular flexibility index (Phi) is 5.25. The van der Waals surface area contributed by atoms with Gasteiger partial charge in [-0.15, -0.1) is 0 Å². The van der Waals surface area contributed by atoms with Gasteiger partial charge in [-0.05, 0) is 37.8 Å². The molecule has 1 aliphatic carbocycles. The fourth-order valence-corrected chi connectivity index (χ4v) is 4.21. The summed E-state index contributed by atoms with van der Waals surface area (Å²) in [6.45, 7) is 0. The monoisotopic (exact) mass is 395 g/mol. The zero-order valence-electron chi connectivity index (χ0n) is 15.3. The molecule has 0 spiro atoms. The molecule has 4 rings (SSSR count). The average molecular weight is 395 g/mol. The van der Waals surface area contributed by atoms with Crippen LogP contribution in [0.5, 0.6) is 5.88 Å². The summed E-state index contributed by atoms with van der Waals surface area (Å²) >= 11 is 0. The summed E-state index contributed by atoms with van der Waals surface area (Å²) in [7, 11) is -3.79. The lowest BCUT2D eigenvalue weighted by Gasteiger charge is -2.15. The van der Waals surface area contributed by atoms with Gasteiger partial charge in [-0.1, -0.05) is 48.5 Å². The van der Waals surface area contributed by atoms with Crippen molar-refractivity contribution in [1.82, 2.24) is 9.97 Å². The average Bonchev–Trinajstić information content (AvgIpc) is 3.22. The molecule has 3 aromatic rings. The maximum atomic E-state index is 12.7. The van der Waals surface area contributed by atoms with Crippen LogP contribution in [0.3, 0.4) is 0 Å². The summed E-state index contributed by atoms with van der Waals surface area (Å²) in [5.41, 5.74) is 1.47. The van der Waals surface area contributed by atoms with E-state index < -0.39 is 10.0 Å². The summed E-state index contributed by atoms with van der Waals surface area (Å²) in [5.74, 6) is 0.379. The van der Waals surface area contributed by atoms with Crippen molar-refractivity contribution < 1.29 is 13.2 Å². The van der Waals surface area contributed by atoms with Crippen molar-refractivity contribution in [3.8, 4) is 17.1 Å². The van der Waals surface area contributed by atoms with E-state index in [-0.39, 0.29) is 16.9 Å². The lowest BCUT2D eigenvalue weighted by molar-refractivity contribution is 0.201. The Morgan fingerprint density at radius 1 is 0.893 bits per heavy atom. The van der Waals surface area contributed by atoms with Crippen LogP contribution < -0.4 is 9.46 Å². The first-order chi connectivity index (χ1) is 13.6. The molecule has 0 aliphatic heterocycles. The number of anilines is 1. The molecule has 28 heavy (non-hydrogen) atoms. The highest BCUT2D eigenvalue weighted by molar-refractivity contribution is 7.92. The maximum absolute atomic E-state index is 12.7. The van der Waals surface area contributed by atoms with Crippen LogP contribution in [0.4, 0.5) is 5.95 Å². The SMILES string of the molecule is O=S(=O)(Nc1nc(OC2CCCC2)cc(-c2ccccc2)n1)c1ccccc1. The zero-order chi connectivity index (χ0) is 19.4. The van der Waals surface area contributed by atoms with E-state index >= 15 is 0 Å². The number of rotatable bonds is 6. The molecule has 1 aromatic heterocycles. The second kappa shape index (κ2) is 7.98. The number of aromatic nitrogens is 2. The van der Waals surface area contributed by atoms with Gasteiger partial charge in [-0.3, -0.25) is 0 Å². The Morgan fingerprint density at radius 2 is 1.54 bits per heavy atom. The molecule has 0 saturated heterocycles. The van der Waals surface area contributed by atoms with E-state index in [2.05, 4.69) is 14.7 Å². The summed E-state index contributed by atoms with van der Waals surface area (Å²) in [5, 5.41) is 0. The summed E-state index contributed by atoms with van der Waals surface area (Å²) in [6.07, 6.45) is 4.34. The third-order valence-corrected chi connectivity index (χ3v) is 5.99. The highest BCUT2D eigenvalue weighted by Gasteiger charge is 2.20. The minimum Gasteiger partial charge on any atom is -0.474 e. The third-order valence-electron chi connectivity index (χ3n) is 4.64. The highest BCUT2D eigenvalue weighted by Crippen LogP contribution is 2.27. The highest BCUT2D eigenvalue weighted by atomic mass is 32.2. The smallest absolute Gasteiger partial charge is 0.264 e. The van der Waals surface area contributed by atoms with Gasteiger partial charge >= 0.3 is 0 Å². The standard InChI is InChI=1S/C21H21N3O3S/c25-28(26,18-13-5-2-6-14-18)24-21-22-19(16-9-3-1-4-10-16)15-20(23-21)27-17-11-7-8-12-17/h1-6,9-10,13-15,17H,7-8,11-12H2,(H,22,23,24). The third kappa shape index (κ3) is 4.31. The Morgan fingerprint density at radius 3 is 2.21 bits per heavy atom. The summed E-state index contributed by atoms with van der Waals surface area (Å²) in [6, 6.07) is 19.5. The second-order valence-corrected chi connectivity index (χ2v) is 8.41. The Hall–Kier alpha value is -2.93. The molecule has 1 fully saturated rings. The van der Waals surface area contributed by atoms with Gasteiger partial charge in [0.1, 0.15) is 6.10 Å². The second-order valence-electron chi connectivity index (χ2n) is 6.72. The lowest BCUT2D eigenvalue weighted by atomic mass is 10.1. The van der Waals surface area contributed by atoms with Crippen LogP contribution in [0.25, 0.3) is 11.3 Å². The largest absolute Gasteiger partial charge is 0.474 e. The van der Waals surface area contributed by atoms with Gasteiger partial charge < -0.3 is 4.74 Å². The normalized spacial score (nSPS) is 14.7. The van der Waals surface area contributed by atoms with Gasteiger partial charge in [0.15, 0.2) is 0 Å². The van der Waals surface area contributed by atoms with Gasteiger partial charge in [0.05, 0.1) is 10.6 Å². The Labute approximate surface area is 164 Å². The van der Waals surface area contributed by atoms with Gasteiger partial charge in [-0.2, -0.15) is 4.98 Å². The van der Waals surface area contributed by atoms with Crippen molar-refractivity contribution in [2.45, 2.75) is 36.7 Å². The molecule has 1 heterocycles. The van der Waals surface area contributed by atoms with Gasteiger partial charge in [0, 0.05) is 11.6 Å². The first-order valence-corrected chi connectivity index (χ1v) is 10.8. The van der Waals surface area contributed by atoms with Crippen molar-refractivity contribution in [2.75, 3.05) is 4.72 Å². The molecule has 0 amide bonds. The summed E-state index contributed by atoms with van der Waals surface area (Å²) < 4.78 is 33.8. The molecular formula is C21H21N3O3S. The fourth-order valence-electron chi connectivity index (χ4n) is 3.24. The van der Waals surface area contributed by atoms with Crippen LogP contribution >= 0.6 is 0 Å². The molecule has 6 nitrogen and oxygen atoms in total. The Bertz CT molecular complexity index is 1040. The van der Waals surface area contributed by atoms with Crippen molar-refractivity contribution in [2.24, 2.45) is 0 Å². The van der Waals surface area contributed by atoms with Crippen LogP contribution in [-0.2, 0) is 10.0 Å². The van der Waals surface area contributed by atoms with Gasteiger partial charge in [0.2, 0.25) is 11.8 Å². The van der Waals surface area contributed by atoms with Crippen LogP contribution in [0.2, 0.25) is 0 Å². The molecule has 7 heteroatoms. The fraction of sp³-hybridized carbons (Fsp3) is 0.238. The zero-order valence-corrected chi connectivity index (χ0v) is 16.1. The molecule has 0 atom stereocenters. The molecule has 1 N–H and O–H groups in total. The number of hydrogen-bond donors (Lipinski definition) is 1. The number of nitrogens with one attached hydrogen (secondary N) is 1.